The maximum absolute atomic E-state index is 13.4. The Kier molecular flexibility index (Phi) is 2.47. The number of benzene rings is 2. The summed E-state index contributed by atoms with van der Waals surface area (Å²) in [4.78, 5) is 3.28. The molecule has 2 aromatic carbocycles. The third-order valence-corrected chi connectivity index (χ3v) is 2.18. The van der Waals surface area contributed by atoms with Crippen molar-refractivity contribution in [2.24, 2.45) is 0 Å². The Morgan fingerprint density at radius 1 is 0.933 bits per heavy atom. The zero-order chi connectivity index (χ0) is 10.7. The van der Waals surface area contributed by atoms with Crippen LogP contribution in [0.1, 0.15) is 0 Å². The summed E-state index contributed by atoms with van der Waals surface area (Å²) in [6, 6.07) is 13.5. The second-order valence-corrected chi connectivity index (χ2v) is 3.14. The van der Waals surface area contributed by atoms with Crippen LogP contribution in [0.3, 0.4) is 0 Å². The van der Waals surface area contributed by atoms with Crippen molar-refractivity contribution in [3.05, 3.63) is 65.8 Å². The highest BCUT2D eigenvalue weighted by atomic mass is 19.1. The summed E-state index contributed by atoms with van der Waals surface area (Å²) in [5.41, 5.74) is 1.92. The summed E-state index contributed by atoms with van der Waals surface area (Å²) in [6.45, 7) is 6.81. The zero-order valence-corrected chi connectivity index (χ0v) is 7.94. The predicted octanol–water partition coefficient (Wildman–Crippen LogP) is 4.04. The molecule has 0 fully saturated rings. The van der Waals surface area contributed by atoms with E-state index in [1.165, 1.54) is 6.07 Å². The van der Waals surface area contributed by atoms with Crippen molar-refractivity contribution in [2.75, 3.05) is 0 Å². The van der Waals surface area contributed by atoms with Crippen molar-refractivity contribution in [2.45, 2.75) is 0 Å². The maximum Gasteiger partial charge on any atom is 0.187 e. The summed E-state index contributed by atoms with van der Waals surface area (Å²) < 4.78 is 13.4. The highest BCUT2D eigenvalue weighted by Gasteiger charge is 2.02. The molecule has 0 saturated heterocycles. The predicted molar refractivity (Wildman–Crippen MR) is 58.1 cm³/mol. The minimum absolute atomic E-state index is 0.243. The fraction of sp³-hybridized carbons (Fsp3) is 0. The molecule has 15 heavy (non-hydrogen) atoms. The number of nitrogens with zero attached hydrogens (tertiary/aromatic N) is 1. The Bertz CT molecular complexity index is 509. The van der Waals surface area contributed by atoms with E-state index in [1.807, 2.05) is 0 Å². The molecule has 0 aliphatic rings. The molecule has 0 unspecified atom stereocenters. The average Bonchev–Trinajstić information content (AvgIpc) is 2.30. The Hall–Kier alpha value is -2.14. The summed E-state index contributed by atoms with van der Waals surface area (Å²) in [5.74, 6) is -0.243. The molecule has 2 heteroatoms. The Morgan fingerprint density at radius 2 is 1.60 bits per heavy atom. The van der Waals surface area contributed by atoms with Crippen molar-refractivity contribution in [3.8, 4) is 11.1 Å². The summed E-state index contributed by atoms with van der Waals surface area (Å²) >= 11 is 0. The van der Waals surface area contributed by atoms with Crippen molar-refractivity contribution < 1.29 is 4.39 Å². The van der Waals surface area contributed by atoms with Crippen molar-refractivity contribution in [1.29, 1.82) is 0 Å². The SMILES string of the molecule is [C-]#[N+]c1ccc(-c2ccccc2F)cc1. The average molecular weight is 197 g/mol. The second-order valence-electron chi connectivity index (χ2n) is 3.14. The first kappa shape index (κ1) is 9.42. The molecule has 0 saturated carbocycles. The van der Waals surface area contributed by atoms with E-state index in [2.05, 4.69) is 4.85 Å². The van der Waals surface area contributed by atoms with E-state index in [4.69, 9.17) is 6.57 Å². The van der Waals surface area contributed by atoms with Crippen LogP contribution in [0.5, 0.6) is 0 Å². The Morgan fingerprint density at radius 3 is 2.20 bits per heavy atom. The van der Waals surface area contributed by atoms with Crippen LogP contribution < -0.4 is 0 Å². The smallest absolute Gasteiger partial charge is 0.187 e. The van der Waals surface area contributed by atoms with Gasteiger partial charge in [0, 0.05) is 5.56 Å². The van der Waals surface area contributed by atoms with Gasteiger partial charge in [0.25, 0.3) is 0 Å². The molecular weight excluding hydrogens is 189 g/mol. The molecule has 2 aromatic rings. The van der Waals surface area contributed by atoms with Crippen molar-refractivity contribution in [1.82, 2.24) is 0 Å². The van der Waals surface area contributed by atoms with Gasteiger partial charge in [-0.1, -0.05) is 42.5 Å². The van der Waals surface area contributed by atoms with Crippen molar-refractivity contribution in [3.63, 3.8) is 0 Å². The van der Waals surface area contributed by atoms with Gasteiger partial charge in [0.15, 0.2) is 5.69 Å². The lowest BCUT2D eigenvalue weighted by Crippen LogP contribution is -1.82. The number of hydrogen-bond donors (Lipinski definition) is 0. The maximum atomic E-state index is 13.4. The molecule has 0 heterocycles. The monoisotopic (exact) mass is 197 g/mol. The van der Waals surface area contributed by atoms with E-state index in [1.54, 1.807) is 42.5 Å². The number of hydrogen-bond acceptors (Lipinski definition) is 0. The first-order valence-corrected chi connectivity index (χ1v) is 4.53. The topological polar surface area (TPSA) is 4.36 Å². The van der Waals surface area contributed by atoms with Crippen LogP contribution in [-0.4, -0.2) is 0 Å². The summed E-state index contributed by atoms with van der Waals surface area (Å²) in [5, 5.41) is 0. The molecule has 0 radical (unpaired) electrons. The molecule has 1 nitrogen and oxygen atoms in total. The van der Waals surface area contributed by atoms with Crippen LogP contribution >= 0.6 is 0 Å². The molecule has 72 valence electrons. The summed E-state index contributed by atoms with van der Waals surface area (Å²) in [7, 11) is 0. The van der Waals surface area contributed by atoms with Gasteiger partial charge in [-0.15, -0.1) is 0 Å². The van der Waals surface area contributed by atoms with Crippen LogP contribution in [0, 0.1) is 12.4 Å². The first-order chi connectivity index (χ1) is 7.31. The van der Waals surface area contributed by atoms with Gasteiger partial charge in [0.05, 0.1) is 6.57 Å². The molecule has 0 amide bonds. The number of rotatable bonds is 1. The van der Waals surface area contributed by atoms with Gasteiger partial charge < -0.3 is 0 Å². The lowest BCUT2D eigenvalue weighted by molar-refractivity contribution is 0.631. The lowest BCUT2D eigenvalue weighted by Gasteiger charge is -2.02. The zero-order valence-electron chi connectivity index (χ0n) is 7.94. The summed E-state index contributed by atoms with van der Waals surface area (Å²) in [6.07, 6.45) is 0. The third-order valence-electron chi connectivity index (χ3n) is 2.18. The van der Waals surface area contributed by atoms with Crippen LogP contribution in [0.2, 0.25) is 0 Å². The van der Waals surface area contributed by atoms with Gasteiger partial charge in [-0.2, -0.15) is 0 Å². The molecule has 0 aliphatic heterocycles. The van der Waals surface area contributed by atoms with Gasteiger partial charge in [0.2, 0.25) is 0 Å². The number of halogens is 1. The molecule has 0 N–H and O–H groups in total. The first-order valence-electron chi connectivity index (χ1n) is 4.53. The minimum atomic E-state index is -0.243. The highest BCUT2D eigenvalue weighted by Crippen LogP contribution is 2.24. The fourth-order valence-corrected chi connectivity index (χ4v) is 1.41. The van der Waals surface area contributed by atoms with E-state index >= 15 is 0 Å². The Labute approximate surface area is 87.6 Å². The van der Waals surface area contributed by atoms with Gasteiger partial charge in [-0.25, -0.2) is 9.24 Å². The van der Waals surface area contributed by atoms with Gasteiger partial charge >= 0.3 is 0 Å². The molecule has 0 bridgehead atoms. The van der Waals surface area contributed by atoms with E-state index < -0.39 is 0 Å². The second kappa shape index (κ2) is 3.93. The van der Waals surface area contributed by atoms with E-state index in [9.17, 15) is 4.39 Å². The normalized spacial score (nSPS) is 9.60. The fourth-order valence-electron chi connectivity index (χ4n) is 1.41. The van der Waals surface area contributed by atoms with Gasteiger partial charge in [-0.3, -0.25) is 0 Å². The van der Waals surface area contributed by atoms with Crippen molar-refractivity contribution >= 4 is 5.69 Å². The van der Waals surface area contributed by atoms with Crippen LogP contribution in [0.15, 0.2) is 48.5 Å². The highest BCUT2D eigenvalue weighted by molar-refractivity contribution is 5.66. The van der Waals surface area contributed by atoms with E-state index in [-0.39, 0.29) is 5.82 Å². The lowest BCUT2D eigenvalue weighted by atomic mass is 10.1. The van der Waals surface area contributed by atoms with Gasteiger partial charge in [0.1, 0.15) is 5.82 Å². The quantitative estimate of drug-likeness (QED) is 0.607. The standard InChI is InChI=1S/C13H8FN/c1-15-11-8-6-10(7-9-11)12-4-2-3-5-13(12)14/h2-9H. The molecule has 2 rings (SSSR count). The van der Waals surface area contributed by atoms with E-state index in [0.717, 1.165) is 5.56 Å². The van der Waals surface area contributed by atoms with Crippen LogP contribution in [-0.2, 0) is 0 Å². The molecule has 0 aromatic heterocycles. The molecule has 0 aliphatic carbocycles. The van der Waals surface area contributed by atoms with E-state index in [0.29, 0.717) is 11.3 Å². The van der Waals surface area contributed by atoms with Gasteiger partial charge in [-0.05, 0) is 11.6 Å². The molecule has 0 atom stereocenters. The van der Waals surface area contributed by atoms with Crippen LogP contribution in [0.25, 0.3) is 16.0 Å². The molecule has 0 spiro atoms. The minimum Gasteiger partial charge on any atom is -0.238 e. The van der Waals surface area contributed by atoms with Crippen LogP contribution in [0.4, 0.5) is 10.1 Å². The third kappa shape index (κ3) is 1.87. The largest absolute Gasteiger partial charge is 0.238 e. The molecular formula is C13H8FN. The Balaban J connectivity index is 2.47.